The fourth-order valence-electron chi connectivity index (χ4n) is 3.24. The third-order valence-corrected chi connectivity index (χ3v) is 4.93. The molecule has 1 unspecified atom stereocenters. The molecule has 3 nitrogen and oxygen atoms in total. The number of hydrogen-bond donors (Lipinski definition) is 2. The largest absolute Gasteiger partial charge is 0.390 e. The fourth-order valence-corrected chi connectivity index (χ4v) is 3.24. The van der Waals surface area contributed by atoms with Gasteiger partial charge in [-0.15, -0.1) is 0 Å². The lowest BCUT2D eigenvalue weighted by Gasteiger charge is -2.34. The van der Waals surface area contributed by atoms with Crippen LogP contribution < -0.4 is 4.90 Å². The van der Waals surface area contributed by atoms with E-state index in [1.807, 2.05) is 24.4 Å². The first-order valence-electron chi connectivity index (χ1n) is 8.36. The Morgan fingerprint density at radius 2 is 1.96 bits per heavy atom. The Kier molecular flexibility index (Phi) is 4.55. The zero-order valence-corrected chi connectivity index (χ0v) is 13.9. The summed E-state index contributed by atoms with van der Waals surface area (Å²) in [5.41, 5.74) is 1.74. The summed E-state index contributed by atoms with van der Waals surface area (Å²) < 4.78 is 16.0. The second-order valence-electron chi connectivity index (χ2n) is 7.24. The normalized spacial score (nSPS) is 16.5. The second-order valence-corrected chi connectivity index (χ2v) is 7.24. The van der Waals surface area contributed by atoms with Gasteiger partial charge in [0.15, 0.2) is 0 Å². The van der Waals surface area contributed by atoms with Crippen molar-refractivity contribution in [2.24, 2.45) is 0 Å². The molecule has 1 atom stereocenters. The Hall–Kier alpha value is -1.65. The second kappa shape index (κ2) is 6.46. The molecule has 1 heterocycles. The molecular formula is C19H26FN2O+. The molecule has 0 spiro atoms. The van der Waals surface area contributed by atoms with Gasteiger partial charge in [0.25, 0.3) is 0 Å². The van der Waals surface area contributed by atoms with Crippen molar-refractivity contribution in [2.75, 3.05) is 6.61 Å². The van der Waals surface area contributed by atoms with Crippen molar-refractivity contribution in [1.82, 2.24) is 4.57 Å². The predicted molar refractivity (Wildman–Crippen MR) is 88.8 cm³/mol. The molecule has 2 aromatic rings. The highest BCUT2D eigenvalue weighted by Crippen LogP contribution is 2.19. The van der Waals surface area contributed by atoms with Gasteiger partial charge >= 0.3 is 0 Å². The van der Waals surface area contributed by atoms with Gasteiger partial charge in [0.2, 0.25) is 0 Å². The molecule has 1 aromatic heterocycles. The van der Waals surface area contributed by atoms with Gasteiger partial charge in [0.1, 0.15) is 17.9 Å². The molecule has 4 heteroatoms. The highest BCUT2D eigenvalue weighted by molar-refractivity contribution is 5.19. The SMILES string of the molecule is CC(C)(CO)[NH+](Cc1cccn1Cc1ccccc1F)C1CC1. The monoisotopic (exact) mass is 317 g/mol. The Morgan fingerprint density at radius 1 is 1.22 bits per heavy atom. The summed E-state index contributed by atoms with van der Waals surface area (Å²) in [6, 6.07) is 11.7. The number of aliphatic hydroxyl groups excluding tert-OH is 1. The molecule has 0 bridgehead atoms. The third kappa shape index (κ3) is 3.65. The molecule has 1 saturated carbocycles. The molecule has 1 aliphatic rings. The van der Waals surface area contributed by atoms with Gasteiger partial charge in [0.05, 0.1) is 24.9 Å². The van der Waals surface area contributed by atoms with Crippen LogP contribution in [0.2, 0.25) is 0 Å². The van der Waals surface area contributed by atoms with Gasteiger partial charge in [0, 0.05) is 24.6 Å². The van der Waals surface area contributed by atoms with Crippen LogP contribution in [-0.4, -0.2) is 27.9 Å². The third-order valence-electron chi connectivity index (χ3n) is 4.93. The first kappa shape index (κ1) is 16.2. The summed E-state index contributed by atoms with van der Waals surface area (Å²) in [4.78, 5) is 1.42. The molecular weight excluding hydrogens is 291 g/mol. The maximum absolute atomic E-state index is 13.9. The van der Waals surface area contributed by atoms with Gasteiger partial charge in [-0.25, -0.2) is 4.39 Å². The molecule has 2 N–H and O–H groups in total. The van der Waals surface area contributed by atoms with E-state index in [-0.39, 0.29) is 18.0 Å². The average Bonchev–Trinajstić information content (AvgIpc) is 3.28. The van der Waals surface area contributed by atoms with Crippen LogP contribution in [0.1, 0.15) is 37.9 Å². The molecule has 0 aliphatic heterocycles. The van der Waals surface area contributed by atoms with Crippen molar-refractivity contribution in [3.8, 4) is 0 Å². The Balaban J connectivity index is 1.79. The van der Waals surface area contributed by atoms with Crippen LogP contribution in [0.25, 0.3) is 0 Å². The summed E-state index contributed by atoms with van der Waals surface area (Å²) >= 11 is 0. The Morgan fingerprint density at radius 3 is 2.61 bits per heavy atom. The first-order valence-corrected chi connectivity index (χ1v) is 8.36. The summed E-state index contributed by atoms with van der Waals surface area (Å²) in [6.45, 7) is 5.81. The summed E-state index contributed by atoms with van der Waals surface area (Å²) in [5, 5.41) is 9.73. The number of aromatic nitrogens is 1. The molecule has 23 heavy (non-hydrogen) atoms. The number of nitrogens with one attached hydrogen (secondary N) is 1. The van der Waals surface area contributed by atoms with E-state index in [4.69, 9.17) is 0 Å². The molecule has 0 saturated heterocycles. The van der Waals surface area contributed by atoms with Crippen molar-refractivity contribution in [1.29, 1.82) is 0 Å². The number of benzene rings is 1. The van der Waals surface area contributed by atoms with Crippen LogP contribution in [0.3, 0.4) is 0 Å². The van der Waals surface area contributed by atoms with E-state index in [0.29, 0.717) is 18.2 Å². The quantitative estimate of drug-likeness (QED) is 0.804. The van der Waals surface area contributed by atoms with E-state index in [2.05, 4.69) is 24.5 Å². The zero-order valence-electron chi connectivity index (χ0n) is 13.9. The summed E-state index contributed by atoms with van der Waals surface area (Å²) in [6.07, 6.45) is 4.47. The minimum Gasteiger partial charge on any atom is -0.390 e. The topological polar surface area (TPSA) is 29.6 Å². The zero-order chi connectivity index (χ0) is 16.4. The smallest absolute Gasteiger partial charge is 0.128 e. The van der Waals surface area contributed by atoms with Gasteiger partial charge in [-0.2, -0.15) is 0 Å². The van der Waals surface area contributed by atoms with E-state index in [9.17, 15) is 9.50 Å². The van der Waals surface area contributed by atoms with Crippen molar-refractivity contribution in [3.05, 3.63) is 59.7 Å². The van der Waals surface area contributed by atoms with Crippen molar-refractivity contribution >= 4 is 0 Å². The van der Waals surface area contributed by atoms with Gasteiger partial charge in [-0.3, -0.25) is 0 Å². The number of quaternary nitrogens is 1. The maximum atomic E-state index is 13.9. The van der Waals surface area contributed by atoms with Gasteiger partial charge in [-0.05, 0) is 32.0 Å². The maximum Gasteiger partial charge on any atom is 0.128 e. The van der Waals surface area contributed by atoms with Crippen LogP contribution >= 0.6 is 0 Å². The van der Waals surface area contributed by atoms with E-state index in [0.717, 1.165) is 6.54 Å². The standard InChI is InChI=1S/C19H25FN2O/c1-19(2,14-23)22(16-9-10-16)13-17-7-5-11-21(17)12-15-6-3-4-8-18(15)20/h3-8,11,16,23H,9-10,12-14H2,1-2H3/p+1. The first-order chi connectivity index (χ1) is 11.0. The lowest BCUT2D eigenvalue weighted by atomic mass is 10.0. The summed E-state index contributed by atoms with van der Waals surface area (Å²) in [5.74, 6) is -0.158. The highest BCUT2D eigenvalue weighted by atomic mass is 19.1. The number of aliphatic hydroxyl groups is 1. The molecule has 124 valence electrons. The minimum absolute atomic E-state index is 0.158. The molecule has 0 amide bonds. The lowest BCUT2D eigenvalue weighted by molar-refractivity contribution is -0.972. The number of rotatable bonds is 7. The summed E-state index contributed by atoms with van der Waals surface area (Å²) in [7, 11) is 0. The number of hydrogen-bond acceptors (Lipinski definition) is 1. The molecule has 3 rings (SSSR count). The van der Waals surface area contributed by atoms with E-state index < -0.39 is 0 Å². The van der Waals surface area contributed by atoms with E-state index >= 15 is 0 Å². The Labute approximate surface area is 137 Å². The van der Waals surface area contributed by atoms with E-state index in [1.54, 1.807) is 6.07 Å². The van der Waals surface area contributed by atoms with Crippen molar-refractivity contribution in [3.63, 3.8) is 0 Å². The van der Waals surface area contributed by atoms with Crippen LogP contribution in [0, 0.1) is 5.82 Å². The average molecular weight is 317 g/mol. The van der Waals surface area contributed by atoms with Gasteiger partial charge in [-0.1, -0.05) is 18.2 Å². The van der Waals surface area contributed by atoms with Crippen LogP contribution in [0.5, 0.6) is 0 Å². The van der Waals surface area contributed by atoms with Crippen molar-refractivity contribution in [2.45, 2.75) is 51.4 Å². The molecule has 1 aliphatic carbocycles. The van der Waals surface area contributed by atoms with E-state index in [1.165, 1.54) is 29.5 Å². The Bertz CT molecular complexity index is 661. The van der Waals surface area contributed by atoms with Crippen LogP contribution in [-0.2, 0) is 13.1 Å². The van der Waals surface area contributed by atoms with Crippen molar-refractivity contribution < 1.29 is 14.4 Å². The predicted octanol–water partition coefficient (Wildman–Crippen LogP) is 1.99. The van der Waals surface area contributed by atoms with Crippen LogP contribution in [0.15, 0.2) is 42.6 Å². The minimum atomic E-state index is -0.158. The fraction of sp³-hybridized carbons (Fsp3) is 0.474. The van der Waals surface area contributed by atoms with Gasteiger partial charge < -0.3 is 14.6 Å². The highest BCUT2D eigenvalue weighted by Gasteiger charge is 2.42. The molecule has 1 aromatic carbocycles. The number of halogens is 1. The molecule has 0 radical (unpaired) electrons. The molecule has 1 fully saturated rings. The van der Waals surface area contributed by atoms with Crippen LogP contribution in [0.4, 0.5) is 4.39 Å². The number of nitrogens with zero attached hydrogens (tertiary/aromatic N) is 1. The lowest BCUT2D eigenvalue weighted by Crippen LogP contribution is -3.20.